The number of nitrogens with zero attached hydrogens (tertiary/aromatic N) is 8. The highest BCUT2D eigenvalue weighted by molar-refractivity contribution is 6.47. The Morgan fingerprint density at radius 2 is 1.30 bits per heavy atom. The van der Waals surface area contributed by atoms with Crippen molar-refractivity contribution >= 4 is 69.9 Å². The largest absolute Gasteiger partial charge is 0.444 e. The van der Waals surface area contributed by atoms with Crippen LogP contribution >= 0.6 is 58.0 Å². The Bertz CT molecular complexity index is 1710. The van der Waals surface area contributed by atoms with Gasteiger partial charge < -0.3 is 14.5 Å². The van der Waals surface area contributed by atoms with Gasteiger partial charge >= 0.3 is 6.09 Å². The maximum Gasteiger partial charge on any atom is 0.410 e. The van der Waals surface area contributed by atoms with Gasteiger partial charge in [-0.3, -0.25) is 0 Å². The molecule has 0 saturated carbocycles. The zero-order valence-electron chi connectivity index (χ0n) is 24.3. The number of hydrogen-bond donors (Lipinski definition) is 0. The number of aromatic nitrogens is 6. The minimum Gasteiger partial charge on any atom is -0.444 e. The van der Waals surface area contributed by atoms with E-state index < -0.39 is 29.8 Å². The third-order valence-corrected chi connectivity index (χ3v) is 7.78. The van der Waals surface area contributed by atoms with Crippen LogP contribution in [0.25, 0.3) is 22.8 Å². The summed E-state index contributed by atoms with van der Waals surface area (Å²) < 4.78 is 46.4. The number of carbonyl (C=O) groups is 1. The van der Waals surface area contributed by atoms with Gasteiger partial charge in [0.15, 0.2) is 32.9 Å². The van der Waals surface area contributed by atoms with Crippen molar-refractivity contribution in [2.45, 2.75) is 32.5 Å². The summed E-state index contributed by atoms with van der Waals surface area (Å²) >= 11 is 29.6. The molecule has 0 spiro atoms. The van der Waals surface area contributed by atoms with Crippen molar-refractivity contribution in [3.8, 4) is 22.8 Å². The monoisotopic (exact) mass is 736 g/mol. The molecule has 1 amide bonds. The van der Waals surface area contributed by atoms with E-state index in [4.69, 9.17) is 62.7 Å². The molecule has 0 N–H and O–H groups in total. The van der Waals surface area contributed by atoms with Crippen LogP contribution in [-0.4, -0.2) is 78.8 Å². The maximum atomic E-state index is 14.7. The fourth-order valence-corrected chi connectivity index (χ4v) is 4.84. The van der Waals surface area contributed by atoms with Gasteiger partial charge in [0.05, 0.1) is 13.1 Å². The molecule has 0 radical (unpaired) electrons. The van der Waals surface area contributed by atoms with Crippen molar-refractivity contribution in [2.75, 3.05) is 31.1 Å². The van der Waals surface area contributed by atoms with Crippen LogP contribution < -0.4 is 4.90 Å². The van der Waals surface area contributed by atoms with Crippen LogP contribution in [0.3, 0.4) is 0 Å². The summed E-state index contributed by atoms with van der Waals surface area (Å²) in [5, 5.41) is 0.120. The lowest BCUT2D eigenvalue weighted by atomic mass is 10.2. The molecule has 18 heteroatoms. The van der Waals surface area contributed by atoms with Gasteiger partial charge in [-0.05, 0) is 32.9 Å². The zero-order valence-corrected chi connectivity index (χ0v) is 28.1. The summed E-state index contributed by atoms with van der Waals surface area (Å²) in [6, 6.07) is 5.40. The van der Waals surface area contributed by atoms with Gasteiger partial charge in [0.1, 0.15) is 21.8 Å². The van der Waals surface area contributed by atoms with Crippen molar-refractivity contribution in [3.63, 3.8) is 0 Å². The lowest BCUT2D eigenvalue weighted by molar-refractivity contribution is 0.0229. The van der Waals surface area contributed by atoms with Gasteiger partial charge in [-0.25, -0.2) is 39.1 Å². The Hall–Kier alpha value is -3.23. The summed E-state index contributed by atoms with van der Waals surface area (Å²) in [6.07, 6.45) is 0.613. The van der Waals surface area contributed by atoms with E-state index in [0.29, 0.717) is 11.1 Å². The average Bonchev–Trinajstić information content (AvgIpc) is 3.18. The molecule has 5 rings (SSSR count). The molecular weight excluding hydrogens is 715 g/mol. The first-order chi connectivity index (χ1) is 21.6. The number of carbonyl (C=O) groups excluding carboxylic acids is 1. The molecule has 1 atom stereocenters. The molecule has 0 aromatic carbocycles. The van der Waals surface area contributed by atoms with E-state index in [1.54, 1.807) is 31.7 Å². The first-order valence-corrected chi connectivity index (χ1v) is 15.2. The van der Waals surface area contributed by atoms with Gasteiger partial charge in [-0.1, -0.05) is 58.0 Å². The highest BCUT2D eigenvalue weighted by Gasteiger charge is 2.31. The summed E-state index contributed by atoms with van der Waals surface area (Å²) in [5.74, 6) is -0.804. The average molecular weight is 739 g/mol. The minimum absolute atomic E-state index is 0.0221. The van der Waals surface area contributed by atoms with Crippen LogP contribution in [0.15, 0.2) is 36.7 Å². The Morgan fingerprint density at radius 1 is 0.804 bits per heavy atom. The Morgan fingerprint density at radius 3 is 1.80 bits per heavy atom. The Labute approximate surface area is 286 Å². The fourth-order valence-electron chi connectivity index (χ4n) is 4.00. The molecule has 1 unspecified atom stereocenters. The summed E-state index contributed by atoms with van der Waals surface area (Å²) in [5.41, 5.74) is 0.0879. The molecule has 5 heterocycles. The predicted octanol–water partition coefficient (Wildman–Crippen LogP) is 8.02. The van der Waals surface area contributed by atoms with Crippen molar-refractivity contribution in [3.05, 3.63) is 74.1 Å². The number of pyridine rings is 2. The first-order valence-electron chi connectivity index (χ1n) is 13.3. The minimum atomic E-state index is -1.37. The molecule has 0 aliphatic carbocycles. The van der Waals surface area contributed by atoms with E-state index in [9.17, 15) is 18.0 Å². The normalized spacial score (nSPS) is 15.2. The number of alkyl halides is 1. The molecule has 0 bridgehead atoms. The van der Waals surface area contributed by atoms with Crippen LogP contribution in [0.1, 0.15) is 20.8 Å². The Balaban J connectivity index is 0.000000252. The van der Waals surface area contributed by atoms with E-state index in [1.807, 2.05) is 0 Å². The topological polar surface area (TPSA) is 110 Å². The van der Waals surface area contributed by atoms with Gasteiger partial charge in [0.25, 0.3) is 0 Å². The molecule has 4 aromatic heterocycles. The number of halogens is 8. The van der Waals surface area contributed by atoms with Crippen LogP contribution in [0.4, 0.5) is 23.8 Å². The SMILES string of the molecule is CC(C)(C)OC(=O)N1CCN(c2nc(-c3ccnc(F)c3)nc(Cl)c2Cl)CC(F)C1.Fc1cc(-c2nc(Cl)c(Cl)c(Cl)n2)ccn1. The van der Waals surface area contributed by atoms with Gasteiger partial charge in [-0.15, -0.1) is 0 Å². The van der Waals surface area contributed by atoms with Crippen molar-refractivity contribution < 1.29 is 22.7 Å². The van der Waals surface area contributed by atoms with E-state index in [-0.39, 0.29) is 69.2 Å². The van der Waals surface area contributed by atoms with Crippen LogP contribution in [0.2, 0.25) is 25.5 Å². The maximum absolute atomic E-state index is 14.7. The third kappa shape index (κ3) is 9.41. The second-order valence-corrected chi connectivity index (χ2v) is 12.5. The second kappa shape index (κ2) is 15.1. The number of rotatable bonds is 3. The van der Waals surface area contributed by atoms with E-state index in [0.717, 1.165) is 6.07 Å². The zero-order chi connectivity index (χ0) is 33.8. The van der Waals surface area contributed by atoms with E-state index in [2.05, 4.69) is 29.9 Å². The number of ether oxygens (including phenoxy) is 1. The van der Waals surface area contributed by atoms with E-state index >= 15 is 0 Å². The molecule has 1 aliphatic heterocycles. The summed E-state index contributed by atoms with van der Waals surface area (Å²) in [7, 11) is 0. The van der Waals surface area contributed by atoms with Gasteiger partial charge in [0.2, 0.25) is 11.9 Å². The number of amides is 1. The molecule has 46 heavy (non-hydrogen) atoms. The van der Waals surface area contributed by atoms with Crippen molar-refractivity contribution in [1.29, 1.82) is 0 Å². The first kappa shape index (κ1) is 35.6. The van der Waals surface area contributed by atoms with Crippen molar-refractivity contribution in [1.82, 2.24) is 34.8 Å². The molecule has 244 valence electrons. The quantitative estimate of drug-likeness (QED) is 0.153. The van der Waals surface area contributed by atoms with Crippen LogP contribution in [0, 0.1) is 11.9 Å². The number of anilines is 1. The molecule has 1 saturated heterocycles. The van der Waals surface area contributed by atoms with Crippen molar-refractivity contribution in [2.24, 2.45) is 0 Å². The van der Waals surface area contributed by atoms with Gasteiger partial charge in [-0.2, -0.15) is 8.78 Å². The second-order valence-electron chi connectivity index (χ2n) is 10.6. The molecule has 1 fully saturated rings. The van der Waals surface area contributed by atoms with E-state index in [1.165, 1.54) is 29.4 Å². The van der Waals surface area contributed by atoms with Crippen LogP contribution in [-0.2, 0) is 4.74 Å². The highest BCUT2D eigenvalue weighted by atomic mass is 35.5. The molecule has 10 nitrogen and oxygen atoms in total. The lowest BCUT2D eigenvalue weighted by Gasteiger charge is -2.26. The fraction of sp³-hybridized carbons (Fsp3) is 0.321. The smallest absolute Gasteiger partial charge is 0.410 e. The highest BCUT2D eigenvalue weighted by Crippen LogP contribution is 2.33. The Kier molecular flexibility index (Phi) is 11.7. The summed E-state index contributed by atoms with van der Waals surface area (Å²) in [6.45, 7) is 5.50. The summed E-state index contributed by atoms with van der Waals surface area (Å²) in [4.78, 5) is 38.4. The molecular formula is C28H24Cl5F3N8O2. The standard InChI is InChI=1S/C19H21Cl2F2N5O2.C9H3Cl3FN3/c1-19(2,3)30-18(29)28-7-6-27(9-12(22)10-28)17-14(20)15(21)25-16(26-17)11-4-5-24-13(23)8-11;10-6-7(11)15-9(16-8(6)12)4-1-2-14-5(13)3-4/h4-5,8,12H,6-7,9-10H2,1-3H3;1-3H. The third-order valence-electron chi connectivity index (χ3n) is 5.96. The van der Waals surface area contributed by atoms with Gasteiger partial charge in [0, 0.05) is 48.7 Å². The molecule has 4 aromatic rings. The lowest BCUT2D eigenvalue weighted by Crippen LogP contribution is -2.40. The predicted molar refractivity (Wildman–Crippen MR) is 170 cm³/mol. The van der Waals surface area contributed by atoms with Crippen LogP contribution in [0.5, 0.6) is 0 Å². The number of hydrogen-bond acceptors (Lipinski definition) is 9. The molecule has 1 aliphatic rings.